The van der Waals surface area contributed by atoms with E-state index in [0.717, 1.165) is 7.11 Å². The number of benzene rings is 1. The Balaban J connectivity index is 2.83. The third-order valence-electron chi connectivity index (χ3n) is 2.76. The van der Waals surface area contributed by atoms with E-state index in [9.17, 15) is 18.3 Å². The first kappa shape index (κ1) is 13.9. The molecule has 1 aromatic carbocycles. The number of esters is 1. The molecular weight excluding hydrogens is 338 g/mol. The molecule has 0 amide bonds. The van der Waals surface area contributed by atoms with Crippen molar-refractivity contribution in [2.75, 3.05) is 14.2 Å². The van der Waals surface area contributed by atoms with Gasteiger partial charge in [-0.15, -0.1) is 0 Å². The topological polar surface area (TPSA) is 83.9 Å². The highest BCUT2D eigenvalue weighted by atomic mass is 79.9. The average molecular weight is 348 g/mol. The summed E-state index contributed by atoms with van der Waals surface area (Å²) in [6.07, 6.45) is 0. The van der Waals surface area contributed by atoms with Crippen molar-refractivity contribution in [1.82, 2.24) is 4.31 Å². The minimum Gasteiger partial charge on any atom is -0.505 e. The molecule has 102 valence electrons. The van der Waals surface area contributed by atoms with Gasteiger partial charge < -0.3 is 9.84 Å². The molecule has 0 bridgehead atoms. The fourth-order valence-electron chi connectivity index (χ4n) is 1.77. The summed E-state index contributed by atoms with van der Waals surface area (Å²) >= 11 is 3.17. The molecule has 0 spiro atoms. The number of ether oxygens (including phenoxy) is 1. The van der Waals surface area contributed by atoms with Gasteiger partial charge >= 0.3 is 5.97 Å². The van der Waals surface area contributed by atoms with Crippen molar-refractivity contribution in [3.63, 3.8) is 0 Å². The lowest BCUT2D eigenvalue weighted by Gasteiger charge is -2.27. The van der Waals surface area contributed by atoms with Gasteiger partial charge in [-0.05, 0) is 18.2 Å². The Morgan fingerprint density at radius 2 is 2.05 bits per heavy atom. The van der Waals surface area contributed by atoms with E-state index >= 15 is 0 Å². The third-order valence-corrected chi connectivity index (χ3v) is 5.05. The van der Waals surface area contributed by atoms with Gasteiger partial charge in [-0.25, -0.2) is 13.2 Å². The van der Waals surface area contributed by atoms with Gasteiger partial charge in [0.05, 0.1) is 12.0 Å². The van der Waals surface area contributed by atoms with Crippen LogP contribution in [0.4, 0.5) is 0 Å². The number of rotatable bonds is 1. The van der Waals surface area contributed by atoms with Crippen LogP contribution in [0.3, 0.4) is 0 Å². The number of methoxy groups -OCH3 is 1. The summed E-state index contributed by atoms with van der Waals surface area (Å²) in [6.45, 7) is 0. The van der Waals surface area contributed by atoms with Crippen LogP contribution < -0.4 is 0 Å². The van der Waals surface area contributed by atoms with E-state index < -0.39 is 27.4 Å². The minimum atomic E-state index is -3.90. The van der Waals surface area contributed by atoms with Gasteiger partial charge in [-0.2, -0.15) is 0 Å². The molecule has 2 rings (SSSR count). The summed E-state index contributed by atoms with van der Waals surface area (Å²) in [5.74, 6) is -1.34. The lowest BCUT2D eigenvalue weighted by atomic mass is 10.1. The molecule has 1 aromatic rings. The minimum absolute atomic E-state index is 0.0710. The summed E-state index contributed by atoms with van der Waals surface area (Å²) in [4.78, 5) is 11.5. The SMILES string of the molecule is COC(=O)C1=C(O)c2ccc(Br)cc2S(=O)(=O)N1C. The summed E-state index contributed by atoms with van der Waals surface area (Å²) in [5.41, 5.74) is -0.334. The molecule has 1 aliphatic rings. The lowest BCUT2D eigenvalue weighted by molar-refractivity contribution is -0.137. The maximum atomic E-state index is 12.3. The van der Waals surface area contributed by atoms with Gasteiger partial charge in [0.2, 0.25) is 0 Å². The number of carbonyl (C=O) groups is 1. The Labute approximate surface area is 118 Å². The van der Waals surface area contributed by atoms with Crippen LogP contribution in [0.1, 0.15) is 5.56 Å². The van der Waals surface area contributed by atoms with E-state index in [4.69, 9.17) is 0 Å². The van der Waals surface area contributed by atoms with Crippen LogP contribution in [-0.4, -0.2) is 38.0 Å². The van der Waals surface area contributed by atoms with Crippen molar-refractivity contribution in [2.24, 2.45) is 0 Å². The summed E-state index contributed by atoms with van der Waals surface area (Å²) in [5, 5.41) is 10.1. The standard InChI is InChI=1S/C11H10BrNO5S/c1-13-9(11(15)18-2)10(14)7-4-3-6(12)5-8(7)19(13,16)17/h3-5,14H,1-2H3. The molecule has 0 aromatic heterocycles. The monoisotopic (exact) mass is 347 g/mol. The molecule has 0 saturated carbocycles. The van der Waals surface area contributed by atoms with E-state index in [1.165, 1.54) is 19.2 Å². The Morgan fingerprint density at radius 3 is 2.63 bits per heavy atom. The van der Waals surface area contributed by atoms with E-state index in [2.05, 4.69) is 20.7 Å². The summed E-state index contributed by atoms with van der Waals surface area (Å²) < 4.78 is 30.3. The Morgan fingerprint density at radius 1 is 1.42 bits per heavy atom. The molecule has 1 N–H and O–H groups in total. The molecule has 1 heterocycles. The van der Waals surface area contributed by atoms with Crippen molar-refractivity contribution in [3.8, 4) is 0 Å². The second kappa shape index (κ2) is 4.53. The maximum absolute atomic E-state index is 12.3. The second-order valence-corrected chi connectivity index (χ2v) is 6.66. The van der Waals surface area contributed by atoms with E-state index in [1.54, 1.807) is 6.07 Å². The Kier molecular flexibility index (Phi) is 3.31. The molecule has 0 aliphatic carbocycles. The zero-order chi connectivity index (χ0) is 14.4. The molecule has 8 heteroatoms. The van der Waals surface area contributed by atoms with Gasteiger partial charge in [-0.3, -0.25) is 4.31 Å². The van der Waals surface area contributed by atoms with Crippen molar-refractivity contribution in [1.29, 1.82) is 0 Å². The number of fused-ring (bicyclic) bond motifs is 1. The van der Waals surface area contributed by atoms with E-state index in [0.29, 0.717) is 8.78 Å². The molecule has 6 nitrogen and oxygen atoms in total. The molecule has 0 saturated heterocycles. The van der Waals surface area contributed by atoms with Crippen LogP contribution in [0.15, 0.2) is 33.3 Å². The number of aliphatic hydroxyl groups is 1. The number of hydrogen-bond acceptors (Lipinski definition) is 5. The molecule has 0 fully saturated rings. The van der Waals surface area contributed by atoms with Gasteiger partial charge in [0.1, 0.15) is 0 Å². The van der Waals surface area contributed by atoms with Crippen molar-refractivity contribution in [2.45, 2.75) is 4.90 Å². The Bertz CT molecular complexity index is 695. The van der Waals surface area contributed by atoms with E-state index in [1.807, 2.05) is 0 Å². The Hall–Kier alpha value is -1.54. The first-order valence-electron chi connectivity index (χ1n) is 5.11. The summed E-state index contributed by atoms with van der Waals surface area (Å²) in [6, 6.07) is 4.36. The molecule has 0 radical (unpaired) electrons. The molecule has 0 unspecified atom stereocenters. The van der Waals surface area contributed by atoms with Gasteiger partial charge in [0, 0.05) is 17.1 Å². The second-order valence-electron chi connectivity index (χ2n) is 3.80. The number of halogens is 1. The first-order chi connectivity index (χ1) is 8.80. The molecular formula is C11H10BrNO5S. The van der Waals surface area contributed by atoms with Crippen molar-refractivity contribution >= 4 is 37.7 Å². The van der Waals surface area contributed by atoms with Crippen LogP contribution in [-0.2, 0) is 19.6 Å². The zero-order valence-corrected chi connectivity index (χ0v) is 12.4. The molecule has 1 aliphatic heterocycles. The highest BCUT2D eigenvalue weighted by Crippen LogP contribution is 2.36. The normalized spacial score (nSPS) is 17.1. The van der Waals surface area contributed by atoms with Crippen molar-refractivity contribution < 1.29 is 23.1 Å². The van der Waals surface area contributed by atoms with Crippen LogP contribution in [0, 0.1) is 0 Å². The first-order valence-corrected chi connectivity index (χ1v) is 7.34. The number of sulfonamides is 1. The quantitative estimate of drug-likeness (QED) is 0.778. The lowest BCUT2D eigenvalue weighted by Crippen LogP contribution is -2.35. The fraction of sp³-hybridized carbons (Fsp3) is 0.182. The molecule has 19 heavy (non-hydrogen) atoms. The number of aliphatic hydroxyl groups excluding tert-OH is 1. The maximum Gasteiger partial charge on any atom is 0.359 e. The highest BCUT2D eigenvalue weighted by Gasteiger charge is 2.38. The molecule has 0 atom stereocenters. The predicted octanol–water partition coefficient (Wildman–Crippen LogP) is 1.48. The van der Waals surface area contributed by atoms with Gasteiger partial charge in [0.15, 0.2) is 11.5 Å². The average Bonchev–Trinajstić information content (AvgIpc) is 2.36. The fourth-order valence-corrected chi connectivity index (χ4v) is 3.70. The van der Waals surface area contributed by atoms with Crippen LogP contribution in [0.25, 0.3) is 5.76 Å². The third kappa shape index (κ3) is 2.00. The van der Waals surface area contributed by atoms with E-state index in [-0.39, 0.29) is 10.5 Å². The largest absolute Gasteiger partial charge is 0.505 e. The van der Waals surface area contributed by atoms with Crippen LogP contribution in [0.5, 0.6) is 0 Å². The van der Waals surface area contributed by atoms with Crippen LogP contribution >= 0.6 is 15.9 Å². The highest BCUT2D eigenvalue weighted by molar-refractivity contribution is 9.10. The van der Waals surface area contributed by atoms with Gasteiger partial charge in [0.25, 0.3) is 10.0 Å². The van der Waals surface area contributed by atoms with Crippen LogP contribution in [0.2, 0.25) is 0 Å². The summed E-state index contributed by atoms with van der Waals surface area (Å²) in [7, 11) is -1.60. The number of likely N-dealkylation sites (N-methyl/N-ethyl adjacent to an activating group) is 1. The predicted molar refractivity (Wildman–Crippen MR) is 70.7 cm³/mol. The smallest absolute Gasteiger partial charge is 0.359 e. The zero-order valence-electron chi connectivity index (χ0n) is 10.0. The number of nitrogens with zero attached hydrogens (tertiary/aromatic N) is 1. The van der Waals surface area contributed by atoms with Gasteiger partial charge in [-0.1, -0.05) is 15.9 Å². The van der Waals surface area contributed by atoms with Crippen molar-refractivity contribution in [3.05, 3.63) is 33.9 Å². The number of carbonyl (C=O) groups excluding carboxylic acids is 1. The number of hydrogen-bond donors (Lipinski definition) is 1.